The first kappa shape index (κ1) is 14.0. The molecule has 16 heavy (non-hydrogen) atoms. The van der Waals surface area contributed by atoms with Gasteiger partial charge in [0.15, 0.2) is 0 Å². The Hall–Kier alpha value is -0.0500. The van der Waals surface area contributed by atoms with Crippen LogP contribution in [0.2, 0.25) is 0 Å². The molecule has 1 atom stereocenters. The number of carbonyl (C=O) groups excluding carboxylic acids is 1. The molecule has 1 aliphatic rings. The van der Waals surface area contributed by atoms with Crippen molar-refractivity contribution in [2.24, 2.45) is 5.41 Å². The monoisotopic (exact) mass is 289 g/mol. The summed E-state index contributed by atoms with van der Waals surface area (Å²) in [6.45, 7) is 4.29. The first-order valence-corrected chi connectivity index (χ1v) is 7.67. The van der Waals surface area contributed by atoms with Crippen LogP contribution in [0.3, 0.4) is 0 Å². The molecule has 0 spiro atoms. The third kappa shape index (κ3) is 3.22. The van der Waals surface area contributed by atoms with Crippen molar-refractivity contribution in [3.05, 3.63) is 0 Å². The fourth-order valence-corrected chi connectivity index (χ4v) is 3.19. The molecule has 1 aliphatic carbocycles. The van der Waals surface area contributed by atoms with E-state index in [2.05, 4.69) is 35.1 Å². The maximum atomic E-state index is 12.3. The lowest BCUT2D eigenvalue weighted by Gasteiger charge is -2.28. The van der Waals surface area contributed by atoms with E-state index in [0.29, 0.717) is 11.9 Å². The van der Waals surface area contributed by atoms with Crippen LogP contribution in [0.4, 0.5) is 0 Å². The second-order valence-corrected chi connectivity index (χ2v) is 5.69. The Balaban J connectivity index is 2.54. The van der Waals surface area contributed by atoms with Crippen LogP contribution in [-0.4, -0.2) is 17.3 Å². The molecule has 0 aromatic carbocycles. The summed E-state index contributed by atoms with van der Waals surface area (Å²) < 4.78 is 0. The number of hydrogen-bond donors (Lipinski definition) is 1. The van der Waals surface area contributed by atoms with Crippen LogP contribution in [0.15, 0.2) is 0 Å². The van der Waals surface area contributed by atoms with Gasteiger partial charge in [0.1, 0.15) is 0 Å². The summed E-state index contributed by atoms with van der Waals surface area (Å²) in [4.78, 5) is 12.3. The molecule has 1 fully saturated rings. The molecule has 94 valence electrons. The zero-order chi connectivity index (χ0) is 12.0. The van der Waals surface area contributed by atoms with Crippen molar-refractivity contribution < 1.29 is 4.79 Å². The van der Waals surface area contributed by atoms with Gasteiger partial charge in [-0.3, -0.25) is 4.79 Å². The van der Waals surface area contributed by atoms with Gasteiger partial charge in [0.25, 0.3) is 0 Å². The number of hydrogen-bond acceptors (Lipinski definition) is 1. The molecule has 3 heteroatoms. The lowest BCUT2D eigenvalue weighted by Crippen LogP contribution is -2.44. The maximum absolute atomic E-state index is 12.3. The van der Waals surface area contributed by atoms with Gasteiger partial charge in [-0.05, 0) is 32.1 Å². The topological polar surface area (TPSA) is 29.1 Å². The minimum atomic E-state index is -0.0419. The standard InChI is InChI=1S/C13H24BrNO/c1-3-11(7-10-14)15-12(16)13(4-2)8-5-6-9-13/h11H,3-10H2,1-2H3,(H,15,16). The molecule has 0 heterocycles. The van der Waals surface area contributed by atoms with Gasteiger partial charge in [0.2, 0.25) is 5.91 Å². The van der Waals surface area contributed by atoms with E-state index in [9.17, 15) is 4.79 Å². The van der Waals surface area contributed by atoms with Crippen LogP contribution in [0, 0.1) is 5.41 Å². The summed E-state index contributed by atoms with van der Waals surface area (Å²) in [6, 6.07) is 0.343. The molecule has 0 saturated heterocycles. The van der Waals surface area contributed by atoms with E-state index in [1.807, 2.05) is 0 Å². The number of rotatable bonds is 6. The molecule has 1 rings (SSSR count). The van der Waals surface area contributed by atoms with Gasteiger partial charge in [-0.15, -0.1) is 0 Å². The van der Waals surface area contributed by atoms with Crippen molar-refractivity contribution >= 4 is 21.8 Å². The van der Waals surface area contributed by atoms with Gasteiger partial charge in [0.05, 0.1) is 0 Å². The van der Waals surface area contributed by atoms with Crippen LogP contribution in [0.1, 0.15) is 58.8 Å². The van der Waals surface area contributed by atoms with Gasteiger partial charge in [0, 0.05) is 16.8 Å². The average Bonchev–Trinajstić information content (AvgIpc) is 2.78. The smallest absolute Gasteiger partial charge is 0.226 e. The van der Waals surface area contributed by atoms with E-state index in [1.165, 1.54) is 12.8 Å². The summed E-state index contributed by atoms with van der Waals surface area (Å²) in [7, 11) is 0. The van der Waals surface area contributed by atoms with Gasteiger partial charge < -0.3 is 5.32 Å². The third-order valence-corrected chi connectivity index (χ3v) is 4.46. The zero-order valence-corrected chi connectivity index (χ0v) is 12.1. The number of amides is 1. The molecular weight excluding hydrogens is 266 g/mol. The maximum Gasteiger partial charge on any atom is 0.226 e. The number of alkyl halides is 1. The lowest BCUT2D eigenvalue weighted by atomic mass is 9.82. The largest absolute Gasteiger partial charge is 0.353 e. The summed E-state index contributed by atoms with van der Waals surface area (Å²) in [6.07, 6.45) is 7.65. The molecule has 2 nitrogen and oxygen atoms in total. The first-order valence-electron chi connectivity index (χ1n) is 6.55. The second-order valence-electron chi connectivity index (χ2n) is 4.90. The van der Waals surface area contributed by atoms with E-state index >= 15 is 0 Å². The Bertz CT molecular complexity index is 224. The molecule has 0 aliphatic heterocycles. The molecule has 1 N–H and O–H groups in total. The normalized spacial score (nSPS) is 20.7. The summed E-state index contributed by atoms with van der Waals surface area (Å²) in [5.41, 5.74) is -0.0419. The highest BCUT2D eigenvalue weighted by Gasteiger charge is 2.39. The van der Waals surface area contributed by atoms with Gasteiger partial charge in [-0.1, -0.05) is 42.6 Å². The van der Waals surface area contributed by atoms with Crippen LogP contribution in [0.5, 0.6) is 0 Å². The van der Waals surface area contributed by atoms with E-state index in [0.717, 1.165) is 37.4 Å². The predicted molar refractivity (Wildman–Crippen MR) is 71.8 cm³/mol. The zero-order valence-electron chi connectivity index (χ0n) is 10.5. The highest BCUT2D eigenvalue weighted by Crippen LogP contribution is 2.41. The first-order chi connectivity index (χ1) is 7.68. The molecular formula is C13H24BrNO. The summed E-state index contributed by atoms with van der Waals surface area (Å²) in [5.74, 6) is 0.306. The van der Waals surface area contributed by atoms with E-state index < -0.39 is 0 Å². The lowest BCUT2D eigenvalue weighted by molar-refractivity contribution is -0.131. The van der Waals surface area contributed by atoms with Crippen LogP contribution < -0.4 is 5.32 Å². The number of carbonyl (C=O) groups is 1. The van der Waals surface area contributed by atoms with Crippen molar-refractivity contribution in [2.75, 3.05) is 5.33 Å². The predicted octanol–water partition coefficient (Wildman–Crippen LogP) is 3.64. The highest BCUT2D eigenvalue weighted by molar-refractivity contribution is 9.09. The number of nitrogens with one attached hydrogen (secondary N) is 1. The van der Waals surface area contributed by atoms with Crippen molar-refractivity contribution in [1.82, 2.24) is 5.32 Å². The highest BCUT2D eigenvalue weighted by atomic mass is 79.9. The van der Waals surface area contributed by atoms with Crippen molar-refractivity contribution in [3.63, 3.8) is 0 Å². The molecule has 1 amide bonds. The van der Waals surface area contributed by atoms with Gasteiger partial charge in [-0.25, -0.2) is 0 Å². The molecule has 0 aromatic rings. The van der Waals surface area contributed by atoms with Gasteiger partial charge in [-0.2, -0.15) is 0 Å². The van der Waals surface area contributed by atoms with Gasteiger partial charge >= 0.3 is 0 Å². The Morgan fingerprint density at radius 3 is 2.44 bits per heavy atom. The van der Waals surface area contributed by atoms with E-state index in [-0.39, 0.29) is 5.41 Å². The van der Waals surface area contributed by atoms with Crippen LogP contribution in [-0.2, 0) is 4.79 Å². The Kier molecular flexibility index (Phi) is 5.81. The number of halogens is 1. The SMILES string of the molecule is CCC(CCBr)NC(=O)C1(CC)CCCC1. The summed E-state index contributed by atoms with van der Waals surface area (Å²) >= 11 is 3.44. The van der Waals surface area contributed by atoms with Crippen molar-refractivity contribution in [2.45, 2.75) is 64.8 Å². The Morgan fingerprint density at radius 1 is 1.38 bits per heavy atom. The third-order valence-electron chi connectivity index (χ3n) is 4.00. The molecule has 0 aromatic heterocycles. The van der Waals surface area contributed by atoms with Crippen LogP contribution in [0.25, 0.3) is 0 Å². The second kappa shape index (κ2) is 6.63. The molecule has 1 unspecified atom stereocenters. The Labute approximate surface area is 108 Å². The fourth-order valence-electron chi connectivity index (χ4n) is 2.64. The fraction of sp³-hybridized carbons (Fsp3) is 0.923. The van der Waals surface area contributed by atoms with Crippen LogP contribution >= 0.6 is 15.9 Å². The quantitative estimate of drug-likeness (QED) is 0.743. The minimum absolute atomic E-state index is 0.0419. The molecule has 0 bridgehead atoms. The molecule has 0 radical (unpaired) electrons. The van der Waals surface area contributed by atoms with Crippen molar-refractivity contribution in [1.29, 1.82) is 0 Å². The van der Waals surface area contributed by atoms with E-state index in [1.54, 1.807) is 0 Å². The van der Waals surface area contributed by atoms with Crippen molar-refractivity contribution in [3.8, 4) is 0 Å². The minimum Gasteiger partial charge on any atom is -0.353 e. The Morgan fingerprint density at radius 2 is 2.00 bits per heavy atom. The van der Waals surface area contributed by atoms with E-state index in [4.69, 9.17) is 0 Å². The summed E-state index contributed by atoms with van der Waals surface area (Å²) in [5, 5.41) is 4.20. The average molecular weight is 290 g/mol. The molecule has 1 saturated carbocycles.